The van der Waals surface area contributed by atoms with Crippen molar-refractivity contribution in [3.8, 4) is 11.5 Å². The van der Waals surface area contributed by atoms with Crippen molar-refractivity contribution in [3.05, 3.63) is 73.7 Å². The van der Waals surface area contributed by atoms with Gasteiger partial charge in [-0.25, -0.2) is 4.98 Å². The van der Waals surface area contributed by atoms with Crippen molar-refractivity contribution in [1.82, 2.24) is 0 Å². The molecule has 0 fully saturated rings. The molecule has 0 spiro atoms. The van der Waals surface area contributed by atoms with Crippen molar-refractivity contribution in [3.63, 3.8) is 0 Å². The fourth-order valence-electron chi connectivity index (χ4n) is 3.24. The first-order valence-corrected chi connectivity index (χ1v) is 11.5. The highest BCUT2D eigenvalue weighted by Gasteiger charge is 2.23. The number of methoxy groups -OCH3 is 2. The van der Waals surface area contributed by atoms with Gasteiger partial charge in [0.15, 0.2) is 23.9 Å². The van der Waals surface area contributed by atoms with Gasteiger partial charge in [-0.05, 0) is 29.8 Å². The molecule has 0 aliphatic carbocycles. The number of H-pyrrole nitrogens is 1. The number of halogens is 2. The number of pyridine rings is 1. The Kier molecular flexibility index (Phi) is 10.4. The SMILES string of the molecule is COc1ccc([C@H](Cc2c(Cl)c[nH+]cc2Cl)OC(=O)Cc2ccc(CCO)s2)cc1OC.[OH-]. The summed E-state index contributed by atoms with van der Waals surface area (Å²) in [5, 5.41) is 9.99. The summed E-state index contributed by atoms with van der Waals surface area (Å²) in [6.45, 7) is 0.0712. The molecule has 3 aromatic rings. The van der Waals surface area contributed by atoms with Gasteiger partial charge in [0, 0.05) is 34.8 Å². The summed E-state index contributed by atoms with van der Waals surface area (Å²) in [5.74, 6) is 0.718. The molecule has 0 aliphatic heterocycles. The third-order valence-corrected chi connectivity index (χ3v) is 6.65. The fraction of sp³-hybridized carbons (Fsp3) is 0.304. The van der Waals surface area contributed by atoms with E-state index >= 15 is 0 Å². The van der Waals surface area contributed by atoms with Gasteiger partial charge < -0.3 is 24.8 Å². The molecule has 10 heteroatoms. The second-order valence-electron chi connectivity index (χ2n) is 6.95. The third-order valence-electron chi connectivity index (χ3n) is 4.83. The van der Waals surface area contributed by atoms with Crippen LogP contribution in [0.25, 0.3) is 0 Å². The molecule has 3 N–H and O–H groups in total. The van der Waals surface area contributed by atoms with Crippen LogP contribution in [0.2, 0.25) is 10.0 Å². The molecule has 1 aromatic carbocycles. The number of carbonyl (C=O) groups is 1. The standard InChI is InChI=1S/C23H23Cl2NO5S.H2O/c1-29-20-6-3-14(9-22(20)30-2)21(11-17-18(24)12-26-13-19(17)25)31-23(28)10-16-5-4-15(32-16)7-8-27;/h3-6,9,12-13,21,27H,7-8,10-11H2,1-2H3;1H2/t21-;/m0./s1. The van der Waals surface area contributed by atoms with Crippen molar-refractivity contribution in [2.75, 3.05) is 20.8 Å². The van der Waals surface area contributed by atoms with Crippen LogP contribution >= 0.6 is 34.5 Å². The van der Waals surface area contributed by atoms with Gasteiger partial charge in [0.25, 0.3) is 0 Å². The molecular weight excluding hydrogens is 489 g/mol. The predicted octanol–water partition coefficient (Wildman–Crippen LogP) is 4.31. The van der Waals surface area contributed by atoms with E-state index in [0.29, 0.717) is 33.5 Å². The molecule has 0 radical (unpaired) electrons. The van der Waals surface area contributed by atoms with Gasteiger partial charge in [0.1, 0.15) is 16.1 Å². The van der Waals surface area contributed by atoms with Crippen molar-refractivity contribution >= 4 is 40.5 Å². The van der Waals surface area contributed by atoms with E-state index in [1.807, 2.05) is 18.2 Å². The highest BCUT2D eigenvalue weighted by atomic mass is 35.5. The Labute approximate surface area is 206 Å². The molecular formula is C23H25Cl2NO6S. The van der Waals surface area contributed by atoms with E-state index in [0.717, 1.165) is 15.3 Å². The lowest BCUT2D eigenvalue weighted by Crippen LogP contribution is -2.16. The number of aliphatic hydroxyl groups excluding tert-OH is 1. The third kappa shape index (κ3) is 7.06. The number of hydrogen-bond donors (Lipinski definition) is 1. The number of benzene rings is 1. The summed E-state index contributed by atoms with van der Waals surface area (Å²) in [7, 11) is 3.10. The highest BCUT2D eigenvalue weighted by molar-refractivity contribution is 7.12. The number of carbonyl (C=O) groups excluding carboxylic acids is 1. The second kappa shape index (κ2) is 12.8. The van der Waals surface area contributed by atoms with Crippen LogP contribution in [-0.2, 0) is 28.8 Å². The molecule has 1 atom stereocenters. The molecule has 0 unspecified atom stereocenters. The van der Waals surface area contributed by atoms with E-state index in [2.05, 4.69) is 4.98 Å². The van der Waals surface area contributed by atoms with Crippen LogP contribution in [0.5, 0.6) is 11.5 Å². The Bertz CT molecular complexity index is 1050. The number of aromatic amines is 1. The lowest BCUT2D eigenvalue weighted by atomic mass is 10.0. The normalized spacial score (nSPS) is 11.4. The van der Waals surface area contributed by atoms with Gasteiger partial charge in [-0.2, -0.15) is 0 Å². The molecule has 0 amide bonds. The van der Waals surface area contributed by atoms with Crippen molar-refractivity contribution in [1.29, 1.82) is 0 Å². The monoisotopic (exact) mass is 513 g/mol. The molecule has 3 rings (SSSR count). The molecule has 2 heterocycles. The molecule has 178 valence electrons. The van der Waals surface area contributed by atoms with E-state index in [4.69, 9.17) is 42.5 Å². The minimum absolute atomic E-state index is 0. The maximum Gasteiger partial charge on any atom is 0.311 e. The predicted molar refractivity (Wildman–Crippen MR) is 126 cm³/mol. The largest absolute Gasteiger partial charge is 0.870 e. The first-order valence-electron chi connectivity index (χ1n) is 9.89. The lowest BCUT2D eigenvalue weighted by Gasteiger charge is -2.20. The lowest BCUT2D eigenvalue weighted by molar-refractivity contribution is -0.377. The van der Waals surface area contributed by atoms with Gasteiger partial charge in [0.05, 0.1) is 20.6 Å². The Hall–Kier alpha value is -2.36. The number of hydrogen-bond acceptors (Lipinski definition) is 7. The van der Waals surface area contributed by atoms with Crippen LogP contribution in [0.15, 0.2) is 42.7 Å². The minimum atomic E-state index is -0.642. The summed E-state index contributed by atoms with van der Waals surface area (Å²) in [6, 6.07) is 9.15. The zero-order valence-corrected chi connectivity index (χ0v) is 20.5. The number of aliphatic hydroxyl groups is 1. The number of rotatable bonds is 10. The second-order valence-corrected chi connectivity index (χ2v) is 9.01. The van der Waals surface area contributed by atoms with Gasteiger partial charge in [-0.15, -0.1) is 11.3 Å². The average Bonchev–Trinajstić information content (AvgIpc) is 3.22. The summed E-state index contributed by atoms with van der Waals surface area (Å²) < 4.78 is 16.6. The van der Waals surface area contributed by atoms with Crippen molar-refractivity contribution in [2.24, 2.45) is 0 Å². The number of thiophene rings is 1. The first-order chi connectivity index (χ1) is 15.4. The van der Waals surface area contributed by atoms with E-state index in [9.17, 15) is 4.79 Å². The van der Waals surface area contributed by atoms with E-state index in [-0.39, 0.29) is 30.9 Å². The van der Waals surface area contributed by atoms with Crippen LogP contribution in [0.1, 0.15) is 27.0 Å². The van der Waals surface area contributed by atoms with Gasteiger partial charge >= 0.3 is 5.97 Å². The highest BCUT2D eigenvalue weighted by Crippen LogP contribution is 2.35. The molecule has 0 saturated heterocycles. The molecule has 7 nitrogen and oxygen atoms in total. The topological polar surface area (TPSA) is 109 Å². The quantitative estimate of drug-likeness (QED) is 0.404. The summed E-state index contributed by atoms with van der Waals surface area (Å²) in [6.07, 6.45) is 3.60. The van der Waals surface area contributed by atoms with E-state index < -0.39 is 6.10 Å². The average molecular weight is 514 g/mol. The van der Waals surface area contributed by atoms with Crippen molar-refractivity contribution in [2.45, 2.75) is 25.4 Å². The molecule has 0 aliphatic rings. The zero-order chi connectivity index (χ0) is 23.1. The van der Waals surface area contributed by atoms with Crippen LogP contribution in [0, 0.1) is 0 Å². The van der Waals surface area contributed by atoms with E-state index in [1.54, 1.807) is 38.7 Å². The van der Waals surface area contributed by atoms with Gasteiger partial charge in [-0.1, -0.05) is 29.3 Å². The van der Waals surface area contributed by atoms with Crippen LogP contribution in [0.3, 0.4) is 0 Å². The molecule has 2 aromatic heterocycles. The number of nitrogens with one attached hydrogen (secondary N) is 1. The van der Waals surface area contributed by atoms with Gasteiger partial charge in [0.2, 0.25) is 0 Å². The summed E-state index contributed by atoms with van der Waals surface area (Å²) >= 11 is 14.2. The number of aromatic nitrogens is 1. The Morgan fingerprint density at radius 1 is 1.06 bits per heavy atom. The molecule has 0 bridgehead atoms. The van der Waals surface area contributed by atoms with Crippen LogP contribution < -0.4 is 14.5 Å². The molecule has 33 heavy (non-hydrogen) atoms. The summed E-state index contributed by atoms with van der Waals surface area (Å²) in [5.41, 5.74) is 1.39. The van der Waals surface area contributed by atoms with Crippen LogP contribution in [0.4, 0.5) is 0 Å². The first kappa shape index (κ1) is 26.9. The van der Waals surface area contributed by atoms with Gasteiger partial charge in [-0.3, -0.25) is 4.79 Å². The zero-order valence-electron chi connectivity index (χ0n) is 18.1. The van der Waals surface area contributed by atoms with Crippen LogP contribution in [-0.4, -0.2) is 37.4 Å². The maximum atomic E-state index is 12.8. The van der Waals surface area contributed by atoms with E-state index in [1.165, 1.54) is 11.3 Å². The maximum absolute atomic E-state index is 12.8. The minimum Gasteiger partial charge on any atom is -0.870 e. The Balaban J connectivity index is 0.00000385. The fourth-order valence-corrected chi connectivity index (χ4v) is 4.77. The smallest absolute Gasteiger partial charge is 0.311 e. The molecule has 0 saturated carbocycles. The summed E-state index contributed by atoms with van der Waals surface area (Å²) in [4.78, 5) is 17.6. The number of esters is 1. The number of ether oxygens (including phenoxy) is 3. The Morgan fingerprint density at radius 2 is 1.73 bits per heavy atom. The van der Waals surface area contributed by atoms with Crippen molar-refractivity contribution < 1.29 is 34.6 Å². The Morgan fingerprint density at radius 3 is 2.36 bits per heavy atom.